The van der Waals surface area contributed by atoms with Crippen molar-refractivity contribution < 1.29 is 19.0 Å². The molecule has 1 aromatic rings. The highest BCUT2D eigenvalue weighted by Gasteiger charge is 2.34. The summed E-state index contributed by atoms with van der Waals surface area (Å²) in [6.07, 6.45) is 1.60. The van der Waals surface area contributed by atoms with E-state index in [0.717, 1.165) is 12.8 Å². The lowest BCUT2D eigenvalue weighted by Gasteiger charge is -2.37. The molecule has 6 nitrogen and oxygen atoms in total. The van der Waals surface area contributed by atoms with Crippen LogP contribution in [0.2, 0.25) is 0 Å². The number of thiophene rings is 1. The summed E-state index contributed by atoms with van der Waals surface area (Å²) in [5, 5.41) is 5.07. The summed E-state index contributed by atoms with van der Waals surface area (Å²) in [6, 6.07) is 4.02. The molecule has 128 valence electrons. The molecular formula is C16H24N2O4S. The average Bonchev–Trinajstić information content (AvgIpc) is 3.15. The summed E-state index contributed by atoms with van der Waals surface area (Å²) in [5.41, 5.74) is -0.298. The molecule has 3 rings (SSSR count). The fraction of sp³-hybridized carbons (Fsp3) is 0.688. The van der Waals surface area contributed by atoms with Gasteiger partial charge >= 0.3 is 6.03 Å². The van der Waals surface area contributed by atoms with Gasteiger partial charge in [-0.2, -0.15) is 0 Å². The van der Waals surface area contributed by atoms with E-state index in [1.807, 2.05) is 16.3 Å². The molecule has 0 spiro atoms. The second-order valence-electron chi connectivity index (χ2n) is 5.98. The van der Waals surface area contributed by atoms with Gasteiger partial charge in [0.05, 0.1) is 18.8 Å². The number of urea groups is 1. The molecule has 2 fully saturated rings. The first-order chi connectivity index (χ1) is 11.2. The quantitative estimate of drug-likeness (QED) is 0.911. The van der Waals surface area contributed by atoms with Crippen LogP contribution in [0.4, 0.5) is 4.79 Å². The van der Waals surface area contributed by atoms with Gasteiger partial charge in [-0.3, -0.25) is 0 Å². The van der Waals surface area contributed by atoms with Crippen LogP contribution in [0.3, 0.4) is 0 Å². The number of morpholine rings is 1. The number of hydrogen-bond donors (Lipinski definition) is 1. The third-order valence-electron chi connectivity index (χ3n) is 4.61. The van der Waals surface area contributed by atoms with Gasteiger partial charge in [-0.05, 0) is 11.4 Å². The second kappa shape index (κ2) is 7.61. The van der Waals surface area contributed by atoms with Crippen LogP contribution in [0, 0.1) is 0 Å². The minimum atomic E-state index is -0.298. The van der Waals surface area contributed by atoms with E-state index in [9.17, 15) is 4.79 Å². The lowest BCUT2D eigenvalue weighted by molar-refractivity contribution is -0.0869. The van der Waals surface area contributed by atoms with Crippen LogP contribution in [0.5, 0.6) is 0 Å². The van der Waals surface area contributed by atoms with Crippen LogP contribution in [-0.2, 0) is 14.2 Å². The number of carbonyl (C=O) groups is 1. The molecule has 23 heavy (non-hydrogen) atoms. The monoisotopic (exact) mass is 340 g/mol. The summed E-state index contributed by atoms with van der Waals surface area (Å²) in [4.78, 5) is 15.5. The van der Waals surface area contributed by atoms with E-state index in [0.29, 0.717) is 39.5 Å². The topological polar surface area (TPSA) is 60.0 Å². The Morgan fingerprint density at radius 1 is 1.48 bits per heavy atom. The van der Waals surface area contributed by atoms with Crippen molar-refractivity contribution in [2.45, 2.75) is 24.5 Å². The summed E-state index contributed by atoms with van der Waals surface area (Å²) in [5.74, 6) is 0. The van der Waals surface area contributed by atoms with Crippen molar-refractivity contribution in [3.05, 3.63) is 22.4 Å². The average molecular weight is 340 g/mol. The predicted molar refractivity (Wildman–Crippen MR) is 87.8 cm³/mol. The van der Waals surface area contributed by atoms with Crippen molar-refractivity contribution in [1.82, 2.24) is 10.2 Å². The molecule has 0 aliphatic carbocycles. The molecule has 1 N–H and O–H groups in total. The van der Waals surface area contributed by atoms with Gasteiger partial charge in [0.25, 0.3) is 0 Å². The number of hydrogen-bond acceptors (Lipinski definition) is 5. The summed E-state index contributed by atoms with van der Waals surface area (Å²) in [7, 11) is 1.71. The summed E-state index contributed by atoms with van der Waals surface area (Å²) in [6.45, 7) is 3.67. The van der Waals surface area contributed by atoms with Crippen LogP contribution < -0.4 is 5.32 Å². The smallest absolute Gasteiger partial charge is 0.317 e. The summed E-state index contributed by atoms with van der Waals surface area (Å²) < 4.78 is 16.8. The highest BCUT2D eigenvalue weighted by molar-refractivity contribution is 7.10. The highest BCUT2D eigenvalue weighted by atomic mass is 32.1. The Morgan fingerprint density at radius 3 is 3.00 bits per heavy atom. The first kappa shape index (κ1) is 16.7. The van der Waals surface area contributed by atoms with Crippen molar-refractivity contribution in [2.24, 2.45) is 0 Å². The molecule has 1 atom stereocenters. The van der Waals surface area contributed by atoms with Crippen LogP contribution in [0.1, 0.15) is 23.8 Å². The Kier molecular flexibility index (Phi) is 5.53. The Bertz CT molecular complexity index is 502. The maximum atomic E-state index is 12.5. The number of methoxy groups -OCH3 is 1. The molecule has 2 amide bonds. The fourth-order valence-corrected chi connectivity index (χ4v) is 3.79. The van der Waals surface area contributed by atoms with Crippen LogP contribution in [0.25, 0.3) is 0 Å². The number of amides is 2. The van der Waals surface area contributed by atoms with Gasteiger partial charge in [0.15, 0.2) is 0 Å². The van der Waals surface area contributed by atoms with Gasteiger partial charge in [0.1, 0.15) is 6.10 Å². The fourth-order valence-electron chi connectivity index (χ4n) is 3.03. The van der Waals surface area contributed by atoms with Gasteiger partial charge in [0, 0.05) is 51.1 Å². The number of nitrogens with zero attached hydrogens (tertiary/aromatic N) is 1. The molecular weight excluding hydrogens is 316 g/mol. The minimum Gasteiger partial charge on any atom is -0.381 e. The first-order valence-corrected chi connectivity index (χ1v) is 8.91. The normalized spacial score (nSPS) is 24.4. The van der Waals surface area contributed by atoms with E-state index < -0.39 is 0 Å². The molecule has 0 bridgehead atoms. The van der Waals surface area contributed by atoms with E-state index in [1.165, 1.54) is 4.88 Å². The molecule has 0 saturated carbocycles. The Labute approximate surface area is 140 Å². The highest BCUT2D eigenvalue weighted by Crippen LogP contribution is 2.26. The zero-order valence-corrected chi connectivity index (χ0v) is 14.3. The van der Waals surface area contributed by atoms with Crippen molar-refractivity contribution in [3.63, 3.8) is 0 Å². The van der Waals surface area contributed by atoms with Crippen molar-refractivity contribution in [1.29, 1.82) is 0 Å². The SMILES string of the molecule is COC1(CNC(=O)N2CCO[C@@H](c3cccs3)C2)CCOCC1. The summed E-state index contributed by atoms with van der Waals surface area (Å²) >= 11 is 1.66. The first-order valence-electron chi connectivity index (χ1n) is 8.03. The third-order valence-corrected chi connectivity index (χ3v) is 5.58. The Hall–Kier alpha value is -1.15. The predicted octanol–water partition coefficient (Wildman–Crippen LogP) is 2.03. The number of ether oxygens (including phenoxy) is 3. The standard InChI is InChI=1S/C16H24N2O4S/c1-20-16(4-7-21-8-5-16)12-17-15(19)18-6-9-22-13(11-18)14-3-2-10-23-14/h2-3,10,13H,4-9,11-12H2,1H3,(H,17,19)/t13-/m1/s1. The molecule has 0 aromatic carbocycles. The Balaban J connectivity index is 1.53. The van der Waals surface area contributed by atoms with Gasteiger partial charge in [-0.15, -0.1) is 11.3 Å². The maximum Gasteiger partial charge on any atom is 0.317 e. The lowest BCUT2D eigenvalue weighted by Crippen LogP contribution is -2.53. The minimum absolute atomic E-state index is 0.0195. The molecule has 2 aliphatic rings. The zero-order chi connectivity index (χ0) is 16.1. The molecule has 0 unspecified atom stereocenters. The van der Waals surface area contributed by atoms with Crippen molar-refractivity contribution >= 4 is 17.4 Å². The second-order valence-corrected chi connectivity index (χ2v) is 6.96. The van der Waals surface area contributed by atoms with Crippen molar-refractivity contribution in [2.75, 3.05) is 46.6 Å². The van der Waals surface area contributed by atoms with Crippen molar-refractivity contribution in [3.8, 4) is 0 Å². The molecule has 2 saturated heterocycles. The lowest BCUT2D eigenvalue weighted by atomic mass is 9.94. The third kappa shape index (κ3) is 4.03. The number of nitrogens with one attached hydrogen (secondary N) is 1. The van der Waals surface area contributed by atoms with Crippen LogP contribution in [0.15, 0.2) is 17.5 Å². The van der Waals surface area contributed by atoms with E-state index in [1.54, 1.807) is 18.4 Å². The molecule has 7 heteroatoms. The van der Waals surface area contributed by atoms with E-state index in [4.69, 9.17) is 14.2 Å². The van der Waals surface area contributed by atoms with E-state index >= 15 is 0 Å². The largest absolute Gasteiger partial charge is 0.381 e. The van der Waals surface area contributed by atoms with Gasteiger partial charge in [-0.25, -0.2) is 4.79 Å². The van der Waals surface area contributed by atoms with Gasteiger partial charge in [-0.1, -0.05) is 6.07 Å². The number of carbonyl (C=O) groups excluding carboxylic acids is 1. The molecule has 0 radical (unpaired) electrons. The van der Waals surface area contributed by atoms with Crippen LogP contribution in [-0.4, -0.2) is 63.1 Å². The maximum absolute atomic E-state index is 12.5. The van der Waals surface area contributed by atoms with Gasteiger partial charge in [0.2, 0.25) is 0 Å². The molecule has 2 aliphatic heterocycles. The Morgan fingerprint density at radius 2 is 2.30 bits per heavy atom. The van der Waals surface area contributed by atoms with Crippen LogP contribution >= 0.6 is 11.3 Å². The van der Waals surface area contributed by atoms with E-state index in [-0.39, 0.29) is 17.7 Å². The zero-order valence-electron chi connectivity index (χ0n) is 13.5. The van der Waals surface area contributed by atoms with Gasteiger partial charge < -0.3 is 24.4 Å². The molecule has 3 heterocycles. The number of rotatable bonds is 4. The molecule has 1 aromatic heterocycles. The van der Waals surface area contributed by atoms with E-state index in [2.05, 4.69) is 11.4 Å².